The topological polar surface area (TPSA) is 12.5 Å². The number of ether oxygens (including phenoxy) is 1. The van der Waals surface area contributed by atoms with Gasteiger partial charge in [0.1, 0.15) is 0 Å². The zero-order chi connectivity index (χ0) is 16.7. The standard InChI is InChI=1S/C18H41NOSi/c1-10-17(11-2,19(8)9)15-18(12-3,13-4)21-16(6,7)20-14-5/h10-15,21H2,1-9H3. The molecule has 0 fully saturated rings. The molecule has 0 bridgehead atoms. The average Bonchev–Trinajstić information content (AvgIpc) is 2.43. The highest BCUT2D eigenvalue weighted by Crippen LogP contribution is 2.47. The molecular formula is C18H41NOSi. The lowest BCUT2D eigenvalue weighted by molar-refractivity contribution is 0.0455. The van der Waals surface area contributed by atoms with E-state index in [0.717, 1.165) is 6.61 Å². The van der Waals surface area contributed by atoms with Crippen LogP contribution in [0.5, 0.6) is 0 Å². The van der Waals surface area contributed by atoms with E-state index in [4.69, 9.17) is 4.74 Å². The van der Waals surface area contributed by atoms with Gasteiger partial charge in [0.2, 0.25) is 0 Å². The van der Waals surface area contributed by atoms with Crippen LogP contribution in [0.15, 0.2) is 0 Å². The molecule has 128 valence electrons. The number of hydrogen-bond acceptors (Lipinski definition) is 2. The molecule has 21 heavy (non-hydrogen) atoms. The fraction of sp³-hybridized carbons (Fsp3) is 1.00. The lowest BCUT2D eigenvalue weighted by Gasteiger charge is -2.48. The van der Waals surface area contributed by atoms with Crippen LogP contribution < -0.4 is 0 Å². The Balaban J connectivity index is 5.36. The highest BCUT2D eigenvalue weighted by atomic mass is 28.2. The second-order valence-electron chi connectivity index (χ2n) is 7.58. The van der Waals surface area contributed by atoms with E-state index in [9.17, 15) is 0 Å². The Hall–Kier alpha value is 0.137. The Labute approximate surface area is 136 Å². The van der Waals surface area contributed by atoms with Crippen LogP contribution in [-0.4, -0.2) is 45.9 Å². The van der Waals surface area contributed by atoms with E-state index in [-0.39, 0.29) is 14.7 Å². The molecule has 0 atom stereocenters. The summed E-state index contributed by atoms with van der Waals surface area (Å²) in [5.41, 5.74) is 0.349. The van der Waals surface area contributed by atoms with E-state index in [1.165, 1.54) is 32.1 Å². The summed E-state index contributed by atoms with van der Waals surface area (Å²) >= 11 is 0. The van der Waals surface area contributed by atoms with E-state index in [1.807, 2.05) is 0 Å². The van der Waals surface area contributed by atoms with Crippen molar-refractivity contribution >= 4 is 9.52 Å². The molecule has 0 spiro atoms. The third-order valence-electron chi connectivity index (χ3n) is 5.80. The number of hydrogen-bond donors (Lipinski definition) is 0. The van der Waals surface area contributed by atoms with E-state index in [2.05, 4.69) is 67.5 Å². The van der Waals surface area contributed by atoms with Gasteiger partial charge in [0, 0.05) is 17.4 Å². The largest absolute Gasteiger partial charge is 0.380 e. The highest BCUT2D eigenvalue weighted by molar-refractivity contribution is 6.43. The Kier molecular flexibility index (Phi) is 8.74. The van der Waals surface area contributed by atoms with Crippen LogP contribution in [0.1, 0.15) is 80.6 Å². The molecule has 0 rings (SSSR count). The van der Waals surface area contributed by atoms with Crippen LogP contribution >= 0.6 is 0 Å². The van der Waals surface area contributed by atoms with Gasteiger partial charge in [-0.05, 0) is 59.2 Å². The van der Waals surface area contributed by atoms with Gasteiger partial charge in [0.25, 0.3) is 0 Å². The SMILES string of the molecule is CCOC(C)(C)[SiH2]C(CC)(CC)CC(CC)(CC)N(C)C. The first-order valence-corrected chi connectivity index (χ1v) is 10.4. The van der Waals surface area contributed by atoms with Crippen molar-refractivity contribution in [1.82, 2.24) is 4.90 Å². The van der Waals surface area contributed by atoms with Crippen molar-refractivity contribution in [2.24, 2.45) is 0 Å². The Morgan fingerprint density at radius 1 is 0.857 bits per heavy atom. The fourth-order valence-corrected chi connectivity index (χ4v) is 7.35. The zero-order valence-corrected chi connectivity index (χ0v) is 17.7. The summed E-state index contributed by atoms with van der Waals surface area (Å²) in [6, 6.07) is 0. The number of nitrogens with zero attached hydrogens (tertiary/aromatic N) is 1. The number of rotatable bonds is 11. The molecule has 0 saturated heterocycles. The Morgan fingerprint density at radius 2 is 1.33 bits per heavy atom. The third-order valence-corrected chi connectivity index (χ3v) is 8.86. The first-order valence-electron chi connectivity index (χ1n) is 8.97. The van der Waals surface area contributed by atoms with E-state index >= 15 is 0 Å². The van der Waals surface area contributed by atoms with Crippen molar-refractivity contribution < 1.29 is 4.74 Å². The summed E-state index contributed by atoms with van der Waals surface area (Å²) in [4.78, 5) is 2.48. The lowest BCUT2D eigenvalue weighted by Crippen LogP contribution is -2.49. The van der Waals surface area contributed by atoms with Crippen LogP contribution in [-0.2, 0) is 4.74 Å². The molecule has 0 heterocycles. The maximum atomic E-state index is 6.08. The van der Waals surface area contributed by atoms with Gasteiger partial charge >= 0.3 is 0 Å². The minimum absolute atomic E-state index is 0.111. The van der Waals surface area contributed by atoms with Crippen LogP contribution in [0.2, 0.25) is 5.04 Å². The van der Waals surface area contributed by atoms with Gasteiger partial charge in [-0.1, -0.05) is 40.5 Å². The van der Waals surface area contributed by atoms with Crippen molar-refractivity contribution in [1.29, 1.82) is 0 Å². The minimum Gasteiger partial charge on any atom is -0.380 e. The first-order chi connectivity index (χ1) is 9.66. The van der Waals surface area contributed by atoms with Crippen LogP contribution in [0.25, 0.3) is 0 Å². The summed E-state index contributed by atoms with van der Waals surface area (Å²) in [7, 11) is 4.18. The second kappa shape index (κ2) is 8.69. The molecule has 0 aliphatic carbocycles. The van der Waals surface area contributed by atoms with Gasteiger partial charge in [-0.3, -0.25) is 0 Å². The zero-order valence-electron chi connectivity index (χ0n) is 16.3. The highest BCUT2D eigenvalue weighted by Gasteiger charge is 2.42. The minimum atomic E-state index is -0.344. The van der Waals surface area contributed by atoms with E-state index in [1.54, 1.807) is 0 Å². The summed E-state index contributed by atoms with van der Waals surface area (Å²) in [5, 5.41) is 0.620. The molecule has 0 N–H and O–H groups in total. The molecule has 0 aromatic rings. The maximum Gasteiger partial charge on any atom is 0.0654 e. The average molecular weight is 316 g/mol. The molecule has 3 heteroatoms. The predicted molar refractivity (Wildman–Crippen MR) is 99.1 cm³/mol. The maximum absolute atomic E-state index is 6.08. The van der Waals surface area contributed by atoms with Crippen molar-refractivity contribution in [3.8, 4) is 0 Å². The van der Waals surface area contributed by atoms with Crippen molar-refractivity contribution in [3.05, 3.63) is 0 Å². The van der Waals surface area contributed by atoms with E-state index in [0.29, 0.717) is 10.6 Å². The van der Waals surface area contributed by atoms with Crippen molar-refractivity contribution in [2.75, 3.05) is 20.7 Å². The smallest absolute Gasteiger partial charge is 0.0654 e. The monoisotopic (exact) mass is 315 g/mol. The van der Waals surface area contributed by atoms with Gasteiger partial charge in [-0.15, -0.1) is 0 Å². The van der Waals surface area contributed by atoms with Gasteiger partial charge in [-0.25, -0.2) is 0 Å². The molecule has 0 radical (unpaired) electrons. The molecule has 0 aromatic heterocycles. The third kappa shape index (κ3) is 5.68. The van der Waals surface area contributed by atoms with Gasteiger partial charge in [0.15, 0.2) is 0 Å². The molecular weight excluding hydrogens is 274 g/mol. The predicted octanol–water partition coefficient (Wildman–Crippen LogP) is 4.42. The molecule has 0 aromatic carbocycles. The van der Waals surface area contributed by atoms with E-state index < -0.39 is 0 Å². The van der Waals surface area contributed by atoms with Crippen LogP contribution in [0.4, 0.5) is 0 Å². The normalized spacial score (nSPS) is 14.6. The van der Waals surface area contributed by atoms with Crippen LogP contribution in [0.3, 0.4) is 0 Å². The van der Waals surface area contributed by atoms with Crippen LogP contribution in [0, 0.1) is 0 Å². The lowest BCUT2D eigenvalue weighted by atomic mass is 9.79. The first kappa shape index (κ1) is 21.1. The molecule has 0 amide bonds. The van der Waals surface area contributed by atoms with Crippen molar-refractivity contribution in [2.45, 2.75) is 96.4 Å². The summed E-state index contributed by atoms with van der Waals surface area (Å²) in [6.07, 6.45) is 6.39. The molecule has 0 unspecified atom stereocenters. The van der Waals surface area contributed by atoms with Crippen molar-refractivity contribution in [3.63, 3.8) is 0 Å². The Morgan fingerprint density at radius 3 is 1.62 bits per heavy atom. The molecule has 0 aliphatic heterocycles. The molecule has 2 nitrogen and oxygen atoms in total. The molecule has 0 saturated carbocycles. The quantitative estimate of drug-likeness (QED) is 0.523. The van der Waals surface area contributed by atoms with Gasteiger partial charge in [-0.2, -0.15) is 0 Å². The summed E-state index contributed by atoms with van der Waals surface area (Å²) < 4.78 is 6.08. The van der Waals surface area contributed by atoms with Gasteiger partial charge in [0.05, 0.1) is 9.52 Å². The van der Waals surface area contributed by atoms with Gasteiger partial charge < -0.3 is 9.64 Å². The second-order valence-corrected chi connectivity index (χ2v) is 11.1. The summed E-state index contributed by atoms with van der Waals surface area (Å²) in [6.45, 7) is 17.1. The fourth-order valence-electron chi connectivity index (χ4n) is 4.15. The molecule has 0 aliphatic rings. The Bertz CT molecular complexity index is 281. The summed E-state index contributed by atoms with van der Waals surface area (Å²) in [5.74, 6) is 0.